The van der Waals surface area contributed by atoms with Gasteiger partial charge in [0, 0.05) is 5.41 Å². The molecule has 0 saturated heterocycles. The van der Waals surface area contributed by atoms with Gasteiger partial charge < -0.3 is 9.47 Å². The monoisotopic (exact) mass is 324 g/mol. The molecule has 0 spiro atoms. The van der Waals surface area contributed by atoms with Gasteiger partial charge in [0.15, 0.2) is 0 Å². The van der Waals surface area contributed by atoms with Gasteiger partial charge in [0.2, 0.25) is 0 Å². The number of hydrogen-bond donors (Lipinski definition) is 0. The molecule has 1 aliphatic carbocycles. The van der Waals surface area contributed by atoms with E-state index in [2.05, 4.69) is 13.8 Å². The quantitative estimate of drug-likeness (QED) is 0.572. The first-order valence-corrected chi connectivity index (χ1v) is 8.27. The first kappa shape index (κ1) is 19.7. The third kappa shape index (κ3) is 5.36. The third-order valence-corrected chi connectivity index (χ3v) is 4.25. The summed E-state index contributed by atoms with van der Waals surface area (Å²) in [6.45, 7) is 15.8. The van der Waals surface area contributed by atoms with E-state index in [0.717, 1.165) is 12.8 Å². The number of rotatable bonds is 4. The van der Waals surface area contributed by atoms with Gasteiger partial charge in [-0.25, -0.2) is 0 Å². The molecule has 0 bridgehead atoms. The van der Waals surface area contributed by atoms with Crippen LogP contribution in [0.4, 0.5) is 0 Å². The van der Waals surface area contributed by atoms with Gasteiger partial charge in [0.05, 0.1) is 10.8 Å². The Kier molecular flexibility index (Phi) is 5.71. The Morgan fingerprint density at radius 2 is 1.13 bits per heavy atom. The minimum atomic E-state index is -0.528. The van der Waals surface area contributed by atoms with Gasteiger partial charge in [-0.1, -0.05) is 11.1 Å². The van der Waals surface area contributed by atoms with Crippen molar-refractivity contribution in [2.24, 2.45) is 16.2 Å². The van der Waals surface area contributed by atoms with Crippen LogP contribution in [0.1, 0.15) is 68.2 Å². The van der Waals surface area contributed by atoms with E-state index in [4.69, 9.17) is 9.47 Å². The molecule has 1 aliphatic rings. The third-order valence-electron chi connectivity index (χ3n) is 4.25. The van der Waals surface area contributed by atoms with Crippen molar-refractivity contribution in [3.63, 3.8) is 0 Å². The van der Waals surface area contributed by atoms with Crippen molar-refractivity contribution < 1.29 is 19.1 Å². The molecule has 0 heterocycles. The lowest BCUT2D eigenvalue weighted by atomic mass is 9.85. The number of hydrogen-bond acceptors (Lipinski definition) is 4. The van der Waals surface area contributed by atoms with Crippen LogP contribution in [0, 0.1) is 16.2 Å². The van der Waals surface area contributed by atoms with Crippen LogP contribution in [0.25, 0.3) is 0 Å². The van der Waals surface area contributed by atoms with E-state index in [0.29, 0.717) is 0 Å². The molecule has 4 heteroatoms. The van der Waals surface area contributed by atoms with E-state index < -0.39 is 10.8 Å². The smallest absolute Gasteiger partial charge is 0.311 e. The Hall–Kier alpha value is -1.32. The predicted molar refractivity (Wildman–Crippen MR) is 90.9 cm³/mol. The highest BCUT2D eigenvalue weighted by Crippen LogP contribution is 2.43. The molecule has 23 heavy (non-hydrogen) atoms. The number of ether oxygens (including phenoxy) is 2. The summed E-state index contributed by atoms with van der Waals surface area (Å²) in [6.07, 6.45) is 1.60. The van der Waals surface area contributed by atoms with Crippen LogP contribution in [0.15, 0.2) is 11.1 Å². The van der Waals surface area contributed by atoms with Crippen molar-refractivity contribution in [2.45, 2.75) is 68.2 Å². The Labute approximate surface area is 140 Å². The summed E-state index contributed by atoms with van der Waals surface area (Å²) in [7, 11) is 0. The lowest BCUT2D eigenvalue weighted by Gasteiger charge is -2.31. The van der Waals surface area contributed by atoms with E-state index in [9.17, 15) is 9.59 Å². The maximum Gasteiger partial charge on any atom is 0.311 e. The van der Waals surface area contributed by atoms with E-state index >= 15 is 0 Å². The van der Waals surface area contributed by atoms with Gasteiger partial charge in [-0.3, -0.25) is 9.59 Å². The molecule has 132 valence electrons. The van der Waals surface area contributed by atoms with Crippen molar-refractivity contribution in [3.05, 3.63) is 11.1 Å². The standard InChI is InChI=1S/C19H32O4/c1-13-9-19(10-14(13)2,11-22-15(20)17(3,4)5)12-23-16(21)18(6,7)8/h9-12H2,1-8H3. The number of allylic oxidation sites excluding steroid dienone is 2. The Balaban J connectivity index is 2.77. The number of carbonyl (C=O) groups excluding carboxylic acids is 2. The molecule has 0 aromatic heterocycles. The predicted octanol–water partition coefficient (Wildman–Crippen LogP) is 4.28. The van der Waals surface area contributed by atoms with Crippen molar-refractivity contribution in [2.75, 3.05) is 13.2 Å². The lowest BCUT2D eigenvalue weighted by Crippen LogP contribution is -2.36. The van der Waals surface area contributed by atoms with Gasteiger partial charge in [-0.05, 0) is 68.2 Å². The van der Waals surface area contributed by atoms with Gasteiger partial charge >= 0.3 is 11.9 Å². The highest BCUT2D eigenvalue weighted by molar-refractivity contribution is 5.76. The van der Waals surface area contributed by atoms with Gasteiger partial charge in [-0.2, -0.15) is 0 Å². The summed E-state index contributed by atoms with van der Waals surface area (Å²) in [5.74, 6) is -0.442. The molecular weight excluding hydrogens is 292 g/mol. The summed E-state index contributed by atoms with van der Waals surface area (Å²) in [5.41, 5.74) is 1.21. The molecule has 0 aliphatic heterocycles. The molecule has 0 fully saturated rings. The summed E-state index contributed by atoms with van der Waals surface area (Å²) in [4.78, 5) is 24.2. The molecule has 0 unspecified atom stereocenters. The maximum absolute atomic E-state index is 12.1. The lowest BCUT2D eigenvalue weighted by molar-refractivity contribution is -0.163. The number of esters is 2. The summed E-state index contributed by atoms with van der Waals surface area (Å²) in [5, 5.41) is 0. The second-order valence-electron chi connectivity index (χ2n) is 9.07. The molecule has 0 amide bonds. The maximum atomic E-state index is 12.1. The summed E-state index contributed by atoms with van der Waals surface area (Å²) >= 11 is 0. The highest BCUT2D eigenvalue weighted by atomic mass is 16.5. The SMILES string of the molecule is CC1=C(C)CC(COC(=O)C(C)(C)C)(COC(=O)C(C)(C)C)C1. The van der Waals surface area contributed by atoms with Crippen molar-refractivity contribution >= 4 is 11.9 Å². The normalized spacial score (nSPS) is 18.1. The van der Waals surface area contributed by atoms with Crippen molar-refractivity contribution in [1.82, 2.24) is 0 Å². The van der Waals surface area contributed by atoms with Crippen LogP contribution in [-0.4, -0.2) is 25.2 Å². The van der Waals surface area contributed by atoms with Crippen LogP contribution in [-0.2, 0) is 19.1 Å². The number of carbonyl (C=O) groups is 2. The zero-order valence-electron chi connectivity index (χ0n) is 16.0. The topological polar surface area (TPSA) is 52.6 Å². The van der Waals surface area contributed by atoms with Gasteiger partial charge in [0.25, 0.3) is 0 Å². The van der Waals surface area contributed by atoms with Crippen LogP contribution >= 0.6 is 0 Å². The molecule has 0 atom stereocenters. The molecule has 1 rings (SSSR count). The first-order valence-electron chi connectivity index (χ1n) is 8.27. The fourth-order valence-corrected chi connectivity index (χ4v) is 2.61. The van der Waals surface area contributed by atoms with E-state index in [1.807, 2.05) is 41.5 Å². The Morgan fingerprint density at radius 3 is 1.39 bits per heavy atom. The average molecular weight is 324 g/mol. The molecule has 0 N–H and O–H groups in total. The summed E-state index contributed by atoms with van der Waals surface area (Å²) in [6, 6.07) is 0. The molecular formula is C19H32O4. The van der Waals surface area contributed by atoms with Crippen LogP contribution in [0.2, 0.25) is 0 Å². The van der Waals surface area contributed by atoms with E-state index in [-0.39, 0.29) is 30.6 Å². The second kappa shape index (κ2) is 6.66. The fraction of sp³-hybridized carbons (Fsp3) is 0.789. The van der Waals surface area contributed by atoms with Crippen molar-refractivity contribution in [3.8, 4) is 0 Å². The summed E-state index contributed by atoms with van der Waals surface area (Å²) < 4.78 is 11.1. The van der Waals surface area contributed by atoms with E-state index in [1.54, 1.807) is 0 Å². The molecule has 4 nitrogen and oxygen atoms in total. The van der Waals surface area contributed by atoms with Crippen LogP contribution in [0.3, 0.4) is 0 Å². The first-order chi connectivity index (χ1) is 10.3. The Bertz CT molecular complexity index is 454. The van der Waals surface area contributed by atoms with Crippen LogP contribution < -0.4 is 0 Å². The molecule has 0 aromatic rings. The molecule has 0 saturated carbocycles. The second-order valence-corrected chi connectivity index (χ2v) is 9.07. The molecule has 0 radical (unpaired) electrons. The average Bonchev–Trinajstić information content (AvgIpc) is 2.67. The Morgan fingerprint density at radius 1 is 0.826 bits per heavy atom. The van der Waals surface area contributed by atoms with E-state index in [1.165, 1.54) is 11.1 Å². The largest absolute Gasteiger partial charge is 0.465 e. The van der Waals surface area contributed by atoms with Gasteiger partial charge in [-0.15, -0.1) is 0 Å². The zero-order valence-corrected chi connectivity index (χ0v) is 16.0. The van der Waals surface area contributed by atoms with Gasteiger partial charge in [0.1, 0.15) is 13.2 Å². The minimum absolute atomic E-state index is 0.221. The zero-order chi connectivity index (χ0) is 18.1. The van der Waals surface area contributed by atoms with Crippen LogP contribution in [0.5, 0.6) is 0 Å². The molecule has 0 aromatic carbocycles. The minimum Gasteiger partial charge on any atom is -0.465 e. The fourth-order valence-electron chi connectivity index (χ4n) is 2.61. The highest BCUT2D eigenvalue weighted by Gasteiger charge is 2.40. The van der Waals surface area contributed by atoms with Crippen molar-refractivity contribution in [1.29, 1.82) is 0 Å².